The summed E-state index contributed by atoms with van der Waals surface area (Å²) in [6.07, 6.45) is 1.80. The summed E-state index contributed by atoms with van der Waals surface area (Å²) in [4.78, 5) is 2.33. The molecule has 1 saturated heterocycles. The van der Waals surface area contributed by atoms with E-state index in [-0.39, 0.29) is 0 Å². The number of para-hydroxylation sites is 2. The van der Waals surface area contributed by atoms with Crippen LogP contribution in [0.1, 0.15) is 5.56 Å². The molecule has 1 N–H and O–H groups in total. The smallest absolute Gasteiger partial charge is 0.143 e. The van der Waals surface area contributed by atoms with E-state index in [1.807, 2.05) is 24.3 Å². The first-order chi connectivity index (χ1) is 11.4. The molecular formula is C18H21N3O2. The van der Waals surface area contributed by atoms with Gasteiger partial charge in [-0.15, -0.1) is 0 Å². The lowest BCUT2D eigenvalue weighted by atomic mass is 10.2. The van der Waals surface area contributed by atoms with Crippen molar-refractivity contribution in [2.75, 3.05) is 43.7 Å². The molecular weight excluding hydrogens is 290 g/mol. The lowest BCUT2D eigenvalue weighted by molar-refractivity contribution is 0.122. The fourth-order valence-electron chi connectivity index (χ4n) is 2.51. The van der Waals surface area contributed by atoms with Gasteiger partial charge in [0, 0.05) is 18.8 Å². The molecule has 0 radical (unpaired) electrons. The van der Waals surface area contributed by atoms with Crippen LogP contribution in [0.4, 0.5) is 11.4 Å². The third kappa shape index (κ3) is 4.02. The largest absolute Gasteiger partial charge is 0.495 e. The number of nitrogens with one attached hydrogen (secondary N) is 1. The van der Waals surface area contributed by atoms with Crippen molar-refractivity contribution in [3.05, 3.63) is 54.1 Å². The number of benzene rings is 2. The topological polar surface area (TPSA) is 46.1 Å². The van der Waals surface area contributed by atoms with Crippen molar-refractivity contribution in [1.82, 2.24) is 0 Å². The van der Waals surface area contributed by atoms with E-state index in [0.717, 1.165) is 43.3 Å². The average molecular weight is 311 g/mol. The zero-order valence-electron chi connectivity index (χ0n) is 13.2. The fraction of sp³-hybridized carbons (Fsp3) is 0.278. The summed E-state index contributed by atoms with van der Waals surface area (Å²) in [5.74, 6) is 0.771. The van der Waals surface area contributed by atoms with Crippen LogP contribution in [0.25, 0.3) is 0 Å². The van der Waals surface area contributed by atoms with E-state index in [0.29, 0.717) is 0 Å². The molecule has 0 atom stereocenters. The van der Waals surface area contributed by atoms with Gasteiger partial charge in [-0.25, -0.2) is 0 Å². The van der Waals surface area contributed by atoms with Crippen LogP contribution >= 0.6 is 0 Å². The molecule has 0 bridgehead atoms. The second-order valence-electron chi connectivity index (χ2n) is 5.26. The molecule has 0 unspecified atom stereocenters. The predicted octanol–water partition coefficient (Wildman–Crippen LogP) is 2.98. The Bertz CT molecular complexity index is 650. The van der Waals surface area contributed by atoms with Crippen LogP contribution in [0.5, 0.6) is 5.75 Å². The zero-order valence-corrected chi connectivity index (χ0v) is 13.2. The van der Waals surface area contributed by atoms with Crippen LogP contribution in [0, 0.1) is 0 Å². The van der Waals surface area contributed by atoms with E-state index in [4.69, 9.17) is 9.47 Å². The van der Waals surface area contributed by atoms with Gasteiger partial charge >= 0.3 is 0 Å². The highest BCUT2D eigenvalue weighted by Gasteiger charge is 2.10. The van der Waals surface area contributed by atoms with E-state index in [1.165, 1.54) is 5.69 Å². The van der Waals surface area contributed by atoms with Crippen LogP contribution in [0.2, 0.25) is 0 Å². The SMILES string of the molecule is COc1ccccc1NN=Cc1ccc(N2CCOCC2)cc1. The highest BCUT2D eigenvalue weighted by Crippen LogP contribution is 2.22. The van der Waals surface area contributed by atoms with Gasteiger partial charge in [0.25, 0.3) is 0 Å². The Morgan fingerprint density at radius 1 is 1.09 bits per heavy atom. The molecule has 1 fully saturated rings. The van der Waals surface area contributed by atoms with E-state index >= 15 is 0 Å². The van der Waals surface area contributed by atoms with Gasteiger partial charge in [-0.3, -0.25) is 5.43 Å². The van der Waals surface area contributed by atoms with Crippen LogP contribution < -0.4 is 15.1 Å². The molecule has 5 nitrogen and oxygen atoms in total. The van der Waals surface area contributed by atoms with Crippen molar-refractivity contribution in [2.45, 2.75) is 0 Å². The highest BCUT2D eigenvalue weighted by molar-refractivity contribution is 5.81. The van der Waals surface area contributed by atoms with Gasteiger partial charge in [-0.1, -0.05) is 24.3 Å². The Kier molecular flexibility index (Phi) is 5.11. The number of methoxy groups -OCH3 is 1. The normalized spacial score (nSPS) is 14.9. The molecule has 1 heterocycles. The van der Waals surface area contributed by atoms with E-state index < -0.39 is 0 Å². The summed E-state index contributed by atoms with van der Waals surface area (Å²) in [5, 5.41) is 4.27. The maximum atomic E-state index is 5.38. The number of ether oxygens (including phenoxy) is 2. The molecule has 0 saturated carbocycles. The molecule has 2 aromatic carbocycles. The van der Waals surface area contributed by atoms with E-state index in [9.17, 15) is 0 Å². The average Bonchev–Trinajstić information content (AvgIpc) is 2.63. The van der Waals surface area contributed by atoms with Crippen LogP contribution in [-0.4, -0.2) is 39.6 Å². The Morgan fingerprint density at radius 2 is 1.83 bits per heavy atom. The third-order valence-electron chi connectivity index (χ3n) is 3.77. The number of nitrogens with zero attached hydrogens (tertiary/aromatic N) is 2. The molecule has 2 aromatic rings. The Balaban J connectivity index is 1.61. The van der Waals surface area contributed by atoms with Crippen LogP contribution in [0.3, 0.4) is 0 Å². The van der Waals surface area contributed by atoms with Crippen LogP contribution in [0.15, 0.2) is 53.6 Å². The summed E-state index contributed by atoms with van der Waals surface area (Å²) in [7, 11) is 1.65. The summed E-state index contributed by atoms with van der Waals surface area (Å²) in [6, 6.07) is 16.1. The number of rotatable bonds is 5. The van der Waals surface area contributed by atoms with Gasteiger partial charge in [0.1, 0.15) is 5.75 Å². The van der Waals surface area contributed by atoms with Gasteiger partial charge in [-0.05, 0) is 29.8 Å². The quantitative estimate of drug-likeness (QED) is 0.681. The zero-order chi connectivity index (χ0) is 15.9. The van der Waals surface area contributed by atoms with Crippen molar-refractivity contribution >= 4 is 17.6 Å². The van der Waals surface area contributed by atoms with Crippen molar-refractivity contribution in [1.29, 1.82) is 0 Å². The molecule has 120 valence electrons. The summed E-state index contributed by atoms with van der Waals surface area (Å²) >= 11 is 0. The van der Waals surface area contributed by atoms with Gasteiger partial charge in [0.05, 0.1) is 32.2 Å². The van der Waals surface area contributed by atoms with Crippen molar-refractivity contribution in [3.8, 4) is 5.75 Å². The lowest BCUT2D eigenvalue weighted by Crippen LogP contribution is -2.36. The van der Waals surface area contributed by atoms with Crippen molar-refractivity contribution in [2.24, 2.45) is 5.10 Å². The highest BCUT2D eigenvalue weighted by atomic mass is 16.5. The standard InChI is InChI=1S/C18H21N3O2/c1-22-18-5-3-2-4-17(18)20-19-14-15-6-8-16(9-7-15)21-10-12-23-13-11-21/h2-9,14,20H,10-13H2,1H3. The molecule has 3 rings (SSSR count). The molecule has 1 aliphatic heterocycles. The molecule has 1 aliphatic rings. The Labute approximate surface area is 136 Å². The van der Waals surface area contributed by atoms with Gasteiger partial charge < -0.3 is 14.4 Å². The monoisotopic (exact) mass is 311 g/mol. The first kappa shape index (κ1) is 15.4. The Morgan fingerprint density at radius 3 is 2.57 bits per heavy atom. The second kappa shape index (κ2) is 7.65. The Hall–Kier alpha value is -2.53. The second-order valence-corrected chi connectivity index (χ2v) is 5.26. The van der Waals surface area contributed by atoms with Crippen LogP contribution in [-0.2, 0) is 4.74 Å². The minimum absolute atomic E-state index is 0.771. The molecule has 0 aliphatic carbocycles. The minimum atomic E-state index is 0.771. The summed E-state index contributed by atoms with van der Waals surface area (Å²) in [5.41, 5.74) is 6.12. The number of hydrogen-bond acceptors (Lipinski definition) is 5. The molecule has 0 spiro atoms. The fourth-order valence-corrected chi connectivity index (χ4v) is 2.51. The van der Waals surface area contributed by atoms with Gasteiger partial charge in [0.2, 0.25) is 0 Å². The minimum Gasteiger partial charge on any atom is -0.495 e. The van der Waals surface area contributed by atoms with Crippen molar-refractivity contribution in [3.63, 3.8) is 0 Å². The first-order valence-electron chi connectivity index (χ1n) is 7.71. The molecule has 0 amide bonds. The first-order valence-corrected chi connectivity index (χ1v) is 7.71. The van der Waals surface area contributed by atoms with Gasteiger partial charge in [0.15, 0.2) is 0 Å². The number of anilines is 2. The van der Waals surface area contributed by atoms with E-state index in [1.54, 1.807) is 13.3 Å². The van der Waals surface area contributed by atoms with Gasteiger partial charge in [-0.2, -0.15) is 5.10 Å². The lowest BCUT2D eigenvalue weighted by Gasteiger charge is -2.28. The predicted molar refractivity (Wildman–Crippen MR) is 93.7 cm³/mol. The number of hydrazone groups is 1. The van der Waals surface area contributed by atoms with Crippen molar-refractivity contribution < 1.29 is 9.47 Å². The molecule has 23 heavy (non-hydrogen) atoms. The number of hydrogen-bond donors (Lipinski definition) is 1. The summed E-state index contributed by atoms with van der Waals surface area (Å²) < 4.78 is 10.7. The van der Waals surface area contributed by atoms with E-state index in [2.05, 4.69) is 39.7 Å². The summed E-state index contributed by atoms with van der Waals surface area (Å²) in [6.45, 7) is 3.49. The molecule has 5 heteroatoms. The number of morpholine rings is 1. The molecule has 0 aromatic heterocycles. The maximum absolute atomic E-state index is 5.38. The third-order valence-corrected chi connectivity index (χ3v) is 3.77. The maximum Gasteiger partial charge on any atom is 0.143 e.